The molecule has 0 radical (unpaired) electrons. The summed E-state index contributed by atoms with van der Waals surface area (Å²) >= 11 is 0. The average molecular weight is 431 g/mol. The second kappa shape index (κ2) is 9.72. The number of hydrogen-bond donors (Lipinski definition) is 1. The van der Waals surface area contributed by atoms with Gasteiger partial charge < -0.3 is 14.8 Å². The summed E-state index contributed by atoms with van der Waals surface area (Å²) in [4.78, 5) is 0. The SMILES string of the molecule is N#Cc1cccc2c1c(-c1cccc(OCCC3CCCCN3)c1)nn2C1CCCCO1. The molecule has 0 aliphatic carbocycles. The molecule has 2 fully saturated rings. The van der Waals surface area contributed by atoms with Crippen LogP contribution in [-0.2, 0) is 4.74 Å². The van der Waals surface area contributed by atoms with Gasteiger partial charge in [0, 0.05) is 23.6 Å². The van der Waals surface area contributed by atoms with E-state index in [0.717, 1.165) is 66.7 Å². The molecule has 5 rings (SSSR count). The molecule has 3 heterocycles. The van der Waals surface area contributed by atoms with E-state index in [0.29, 0.717) is 18.2 Å². The fourth-order valence-corrected chi connectivity index (χ4v) is 4.85. The topological polar surface area (TPSA) is 72.1 Å². The number of hydrogen-bond acceptors (Lipinski definition) is 5. The van der Waals surface area contributed by atoms with E-state index in [4.69, 9.17) is 14.6 Å². The molecule has 0 saturated carbocycles. The number of benzene rings is 2. The Kier molecular flexibility index (Phi) is 6.38. The predicted octanol–water partition coefficient (Wildman–Crippen LogP) is 5.19. The highest BCUT2D eigenvalue weighted by Gasteiger charge is 2.23. The van der Waals surface area contributed by atoms with Crippen molar-refractivity contribution >= 4 is 10.9 Å². The number of ether oxygens (including phenoxy) is 2. The molecule has 0 bridgehead atoms. The minimum atomic E-state index is -0.0867. The third-order valence-electron chi connectivity index (χ3n) is 6.54. The molecule has 6 heteroatoms. The Hall–Kier alpha value is -2.88. The largest absolute Gasteiger partial charge is 0.494 e. The van der Waals surface area contributed by atoms with Crippen molar-refractivity contribution in [3.05, 3.63) is 48.0 Å². The smallest absolute Gasteiger partial charge is 0.150 e. The number of aromatic nitrogens is 2. The number of nitrogens with one attached hydrogen (secondary N) is 1. The Morgan fingerprint density at radius 3 is 2.84 bits per heavy atom. The number of fused-ring (bicyclic) bond motifs is 1. The molecule has 2 aliphatic rings. The first-order valence-electron chi connectivity index (χ1n) is 11.8. The van der Waals surface area contributed by atoms with E-state index >= 15 is 0 Å². The van der Waals surface area contributed by atoms with Crippen LogP contribution >= 0.6 is 0 Å². The van der Waals surface area contributed by atoms with Crippen molar-refractivity contribution < 1.29 is 9.47 Å². The molecule has 0 amide bonds. The van der Waals surface area contributed by atoms with Gasteiger partial charge in [0.2, 0.25) is 0 Å². The lowest BCUT2D eigenvalue weighted by molar-refractivity contribution is -0.0365. The van der Waals surface area contributed by atoms with Gasteiger partial charge in [-0.15, -0.1) is 0 Å². The zero-order valence-corrected chi connectivity index (χ0v) is 18.4. The van der Waals surface area contributed by atoms with Crippen LogP contribution < -0.4 is 10.1 Å². The van der Waals surface area contributed by atoms with E-state index in [2.05, 4.69) is 11.4 Å². The first-order valence-corrected chi connectivity index (χ1v) is 11.8. The quantitative estimate of drug-likeness (QED) is 0.583. The second-order valence-electron chi connectivity index (χ2n) is 8.74. The maximum Gasteiger partial charge on any atom is 0.150 e. The van der Waals surface area contributed by atoms with Crippen molar-refractivity contribution in [1.82, 2.24) is 15.1 Å². The highest BCUT2D eigenvalue weighted by atomic mass is 16.5. The first-order chi connectivity index (χ1) is 15.8. The molecule has 2 atom stereocenters. The van der Waals surface area contributed by atoms with Gasteiger partial charge in [0.05, 0.1) is 23.8 Å². The molecule has 2 saturated heterocycles. The standard InChI is InChI=1S/C26H30N4O2/c27-18-20-8-6-11-23-25(20)26(29-30(23)24-12-2-4-15-32-24)19-7-5-10-22(17-19)31-16-13-21-9-1-3-14-28-21/h5-8,10-11,17,21,24,28H,1-4,9,12-16H2. The minimum absolute atomic E-state index is 0.0867. The summed E-state index contributed by atoms with van der Waals surface area (Å²) in [5, 5.41) is 19.2. The van der Waals surface area contributed by atoms with Crippen LogP contribution in [0.25, 0.3) is 22.2 Å². The van der Waals surface area contributed by atoms with Crippen LogP contribution in [0.4, 0.5) is 0 Å². The van der Waals surface area contributed by atoms with Crippen molar-refractivity contribution in [2.75, 3.05) is 19.8 Å². The maximum absolute atomic E-state index is 9.77. The molecule has 1 N–H and O–H groups in total. The Balaban J connectivity index is 1.43. The van der Waals surface area contributed by atoms with Gasteiger partial charge in [-0.05, 0) is 69.3 Å². The zero-order chi connectivity index (χ0) is 21.8. The van der Waals surface area contributed by atoms with Crippen LogP contribution in [0, 0.1) is 11.3 Å². The molecular weight excluding hydrogens is 400 g/mol. The summed E-state index contributed by atoms with van der Waals surface area (Å²) in [5.74, 6) is 0.837. The molecule has 1 aromatic heterocycles. The Labute approximate surface area is 189 Å². The number of rotatable bonds is 6. The fraction of sp³-hybridized carbons (Fsp3) is 0.462. The highest BCUT2D eigenvalue weighted by Crippen LogP contribution is 2.35. The van der Waals surface area contributed by atoms with Crippen LogP contribution in [0.2, 0.25) is 0 Å². The molecule has 3 aromatic rings. The Morgan fingerprint density at radius 2 is 2.03 bits per heavy atom. The molecule has 166 valence electrons. The lowest BCUT2D eigenvalue weighted by Crippen LogP contribution is -2.35. The highest BCUT2D eigenvalue weighted by molar-refractivity contribution is 5.97. The van der Waals surface area contributed by atoms with Gasteiger partial charge in [-0.2, -0.15) is 10.4 Å². The molecule has 2 aliphatic heterocycles. The summed E-state index contributed by atoms with van der Waals surface area (Å²) < 4.78 is 14.1. The van der Waals surface area contributed by atoms with E-state index in [1.54, 1.807) is 0 Å². The fourth-order valence-electron chi connectivity index (χ4n) is 4.85. The summed E-state index contributed by atoms with van der Waals surface area (Å²) in [6, 6.07) is 16.8. The van der Waals surface area contributed by atoms with Crippen molar-refractivity contribution in [2.24, 2.45) is 0 Å². The normalized spacial score (nSPS) is 21.3. The molecule has 0 spiro atoms. The van der Waals surface area contributed by atoms with Gasteiger partial charge in [-0.1, -0.05) is 24.6 Å². The molecule has 2 unspecified atom stereocenters. The number of nitriles is 1. The Bertz CT molecular complexity index is 1100. The summed E-state index contributed by atoms with van der Waals surface area (Å²) in [5.41, 5.74) is 3.35. The number of nitrogens with zero attached hydrogens (tertiary/aromatic N) is 3. The van der Waals surface area contributed by atoms with Crippen LogP contribution in [-0.4, -0.2) is 35.6 Å². The van der Waals surface area contributed by atoms with Gasteiger partial charge >= 0.3 is 0 Å². The minimum Gasteiger partial charge on any atom is -0.494 e. The first kappa shape index (κ1) is 21.0. The van der Waals surface area contributed by atoms with Crippen LogP contribution in [0.1, 0.15) is 56.7 Å². The lowest BCUT2D eigenvalue weighted by atomic mass is 10.0. The van der Waals surface area contributed by atoms with Gasteiger partial charge in [0.15, 0.2) is 6.23 Å². The lowest BCUT2D eigenvalue weighted by Gasteiger charge is -2.23. The summed E-state index contributed by atoms with van der Waals surface area (Å²) in [7, 11) is 0. The van der Waals surface area contributed by atoms with Gasteiger partial charge in [-0.3, -0.25) is 0 Å². The number of piperidine rings is 1. The van der Waals surface area contributed by atoms with Gasteiger partial charge in [0.1, 0.15) is 11.4 Å². The van der Waals surface area contributed by atoms with Crippen molar-refractivity contribution in [1.29, 1.82) is 5.26 Å². The van der Waals surface area contributed by atoms with Gasteiger partial charge in [0.25, 0.3) is 0 Å². The molecule has 6 nitrogen and oxygen atoms in total. The van der Waals surface area contributed by atoms with Gasteiger partial charge in [-0.25, -0.2) is 4.68 Å². The molecular formula is C26H30N4O2. The summed E-state index contributed by atoms with van der Waals surface area (Å²) in [6.07, 6.45) is 7.87. The van der Waals surface area contributed by atoms with Crippen LogP contribution in [0.5, 0.6) is 5.75 Å². The van der Waals surface area contributed by atoms with Crippen LogP contribution in [0.3, 0.4) is 0 Å². The molecule has 32 heavy (non-hydrogen) atoms. The monoisotopic (exact) mass is 430 g/mol. The summed E-state index contributed by atoms with van der Waals surface area (Å²) in [6.45, 7) is 2.55. The maximum atomic E-state index is 9.77. The van der Waals surface area contributed by atoms with Crippen molar-refractivity contribution in [2.45, 2.75) is 57.2 Å². The van der Waals surface area contributed by atoms with E-state index in [9.17, 15) is 5.26 Å². The van der Waals surface area contributed by atoms with Crippen LogP contribution in [0.15, 0.2) is 42.5 Å². The van der Waals surface area contributed by atoms with Crippen molar-refractivity contribution in [3.8, 4) is 23.1 Å². The third-order valence-corrected chi connectivity index (χ3v) is 6.54. The van der Waals surface area contributed by atoms with E-state index < -0.39 is 0 Å². The second-order valence-corrected chi connectivity index (χ2v) is 8.74. The van der Waals surface area contributed by atoms with Crippen molar-refractivity contribution in [3.63, 3.8) is 0 Å². The van der Waals surface area contributed by atoms with E-state index in [1.165, 1.54) is 19.3 Å². The van der Waals surface area contributed by atoms with E-state index in [-0.39, 0.29) is 6.23 Å². The Morgan fingerprint density at radius 1 is 1.12 bits per heavy atom. The molecule has 2 aromatic carbocycles. The average Bonchev–Trinajstić information content (AvgIpc) is 3.25. The predicted molar refractivity (Wildman–Crippen MR) is 124 cm³/mol. The third kappa shape index (κ3) is 4.36. The zero-order valence-electron chi connectivity index (χ0n) is 18.4. The van der Waals surface area contributed by atoms with E-state index in [1.807, 2.05) is 47.1 Å².